The van der Waals surface area contributed by atoms with E-state index in [0.29, 0.717) is 28.6 Å². The Bertz CT molecular complexity index is 1100. The Morgan fingerprint density at radius 2 is 1.84 bits per heavy atom. The van der Waals surface area contributed by atoms with Gasteiger partial charge in [0.25, 0.3) is 5.91 Å². The molecule has 1 aliphatic rings. The molecule has 0 saturated carbocycles. The SMILES string of the molecule is O=C(/C=C/c1ccco1)Oc1ccc(/C=N\NC(=O)C2COc3ccccc3O2)cc1. The van der Waals surface area contributed by atoms with E-state index in [9.17, 15) is 9.59 Å². The van der Waals surface area contributed by atoms with Gasteiger partial charge in [0.2, 0.25) is 6.10 Å². The summed E-state index contributed by atoms with van der Waals surface area (Å²) in [5, 5.41) is 3.93. The molecule has 1 N–H and O–H groups in total. The van der Waals surface area contributed by atoms with E-state index in [2.05, 4.69) is 10.5 Å². The van der Waals surface area contributed by atoms with Crippen LogP contribution in [0.4, 0.5) is 0 Å². The number of hydrogen-bond donors (Lipinski definition) is 1. The summed E-state index contributed by atoms with van der Waals surface area (Å²) in [7, 11) is 0. The van der Waals surface area contributed by atoms with Crippen molar-refractivity contribution in [2.45, 2.75) is 6.10 Å². The highest BCUT2D eigenvalue weighted by molar-refractivity contribution is 5.88. The quantitative estimate of drug-likeness (QED) is 0.217. The molecule has 0 fully saturated rings. The predicted octanol–water partition coefficient (Wildman–Crippen LogP) is 3.19. The van der Waals surface area contributed by atoms with Crippen molar-refractivity contribution < 1.29 is 28.2 Å². The predicted molar refractivity (Wildman–Crippen MR) is 112 cm³/mol. The fourth-order valence-corrected chi connectivity index (χ4v) is 2.70. The largest absolute Gasteiger partial charge is 0.485 e. The zero-order valence-corrected chi connectivity index (χ0v) is 16.3. The number of benzene rings is 2. The number of hydrazone groups is 1. The van der Waals surface area contributed by atoms with Gasteiger partial charge in [-0.15, -0.1) is 0 Å². The molecule has 0 aliphatic carbocycles. The lowest BCUT2D eigenvalue weighted by Gasteiger charge is -2.24. The first-order valence-electron chi connectivity index (χ1n) is 9.42. The molecule has 0 saturated heterocycles. The molecule has 1 amide bonds. The summed E-state index contributed by atoms with van der Waals surface area (Å²) in [6.45, 7) is 0.104. The third kappa shape index (κ3) is 5.39. The van der Waals surface area contributed by atoms with Crippen molar-refractivity contribution in [1.82, 2.24) is 5.43 Å². The highest BCUT2D eigenvalue weighted by Crippen LogP contribution is 2.30. The van der Waals surface area contributed by atoms with Gasteiger partial charge >= 0.3 is 5.97 Å². The number of amides is 1. The zero-order chi connectivity index (χ0) is 21.5. The number of nitrogens with zero attached hydrogens (tertiary/aromatic N) is 1. The maximum Gasteiger partial charge on any atom is 0.336 e. The number of carbonyl (C=O) groups is 2. The first kappa shape index (κ1) is 20.0. The molecule has 0 radical (unpaired) electrons. The minimum atomic E-state index is -0.789. The molecule has 8 heteroatoms. The third-order valence-corrected chi connectivity index (χ3v) is 4.21. The number of carbonyl (C=O) groups excluding carboxylic acids is 2. The number of para-hydroxylation sites is 2. The molecule has 0 bridgehead atoms. The van der Waals surface area contributed by atoms with Crippen LogP contribution in [0.15, 0.2) is 82.5 Å². The van der Waals surface area contributed by atoms with Crippen molar-refractivity contribution in [3.8, 4) is 17.2 Å². The molecular weight excluding hydrogens is 400 g/mol. The lowest BCUT2D eigenvalue weighted by Crippen LogP contribution is -2.42. The first-order chi connectivity index (χ1) is 15.2. The summed E-state index contributed by atoms with van der Waals surface area (Å²) in [6, 6.07) is 17.2. The number of esters is 1. The molecule has 0 spiro atoms. The van der Waals surface area contributed by atoms with Gasteiger partial charge in [-0.25, -0.2) is 10.2 Å². The Kier molecular flexibility index (Phi) is 6.08. The van der Waals surface area contributed by atoms with Gasteiger partial charge in [0.1, 0.15) is 18.1 Å². The average Bonchev–Trinajstić information content (AvgIpc) is 3.32. The normalized spacial score (nSPS) is 15.2. The van der Waals surface area contributed by atoms with Gasteiger partial charge < -0.3 is 18.6 Å². The molecule has 156 valence electrons. The second-order valence-corrected chi connectivity index (χ2v) is 6.44. The Labute approximate surface area is 177 Å². The smallest absolute Gasteiger partial charge is 0.336 e. The fraction of sp³-hybridized carbons (Fsp3) is 0.0870. The standard InChI is InChI=1S/C23H18N2O6/c26-22(12-11-17-4-3-13-28-17)30-18-9-7-16(8-10-18)14-24-25-23(27)21-15-29-19-5-1-2-6-20(19)31-21/h1-14,21H,15H2,(H,25,27)/b12-11+,24-14-. The highest BCUT2D eigenvalue weighted by atomic mass is 16.6. The third-order valence-electron chi connectivity index (χ3n) is 4.21. The number of ether oxygens (including phenoxy) is 3. The Morgan fingerprint density at radius 3 is 2.61 bits per heavy atom. The van der Waals surface area contributed by atoms with Crippen LogP contribution in [0.2, 0.25) is 0 Å². The van der Waals surface area contributed by atoms with E-state index in [1.807, 2.05) is 6.07 Å². The second kappa shape index (κ2) is 9.45. The molecule has 31 heavy (non-hydrogen) atoms. The number of fused-ring (bicyclic) bond motifs is 1. The van der Waals surface area contributed by atoms with Gasteiger partial charge in [-0.1, -0.05) is 12.1 Å². The lowest BCUT2D eigenvalue weighted by molar-refractivity contribution is -0.130. The van der Waals surface area contributed by atoms with Crippen molar-refractivity contribution in [2.75, 3.05) is 6.61 Å². The summed E-state index contributed by atoms with van der Waals surface area (Å²) in [5.74, 6) is 1.11. The molecule has 2 aromatic carbocycles. The minimum absolute atomic E-state index is 0.104. The van der Waals surface area contributed by atoms with Gasteiger partial charge in [-0.3, -0.25) is 4.79 Å². The topological polar surface area (TPSA) is 99.4 Å². The van der Waals surface area contributed by atoms with Crippen LogP contribution in [0.3, 0.4) is 0 Å². The molecule has 2 heterocycles. The number of furan rings is 1. The second-order valence-electron chi connectivity index (χ2n) is 6.44. The summed E-state index contributed by atoms with van der Waals surface area (Å²) in [5.41, 5.74) is 3.14. The summed E-state index contributed by atoms with van der Waals surface area (Å²) < 4.78 is 21.4. The number of nitrogens with one attached hydrogen (secondary N) is 1. The molecule has 8 nitrogen and oxygen atoms in total. The van der Waals surface area contributed by atoms with E-state index >= 15 is 0 Å². The number of hydrogen-bond acceptors (Lipinski definition) is 7. The number of rotatable bonds is 6. The summed E-state index contributed by atoms with van der Waals surface area (Å²) in [4.78, 5) is 24.0. The van der Waals surface area contributed by atoms with Crippen LogP contribution in [0.25, 0.3) is 6.08 Å². The Hall–Kier alpha value is -4.33. The van der Waals surface area contributed by atoms with Crippen LogP contribution in [-0.4, -0.2) is 30.8 Å². The van der Waals surface area contributed by atoms with Gasteiger partial charge in [-0.05, 0) is 60.2 Å². The maximum atomic E-state index is 12.2. The summed E-state index contributed by atoms with van der Waals surface area (Å²) >= 11 is 0. The van der Waals surface area contributed by atoms with Crippen LogP contribution in [0.1, 0.15) is 11.3 Å². The Balaban J connectivity index is 1.26. The van der Waals surface area contributed by atoms with Crippen molar-refractivity contribution in [3.05, 3.63) is 84.3 Å². The van der Waals surface area contributed by atoms with E-state index < -0.39 is 18.0 Å². The average molecular weight is 418 g/mol. The van der Waals surface area contributed by atoms with Crippen molar-refractivity contribution in [3.63, 3.8) is 0 Å². The van der Waals surface area contributed by atoms with Crippen LogP contribution in [-0.2, 0) is 9.59 Å². The van der Waals surface area contributed by atoms with E-state index in [1.165, 1.54) is 24.6 Å². The van der Waals surface area contributed by atoms with Gasteiger partial charge in [0, 0.05) is 6.08 Å². The van der Waals surface area contributed by atoms with E-state index in [4.69, 9.17) is 18.6 Å². The molecule has 1 atom stereocenters. The monoisotopic (exact) mass is 418 g/mol. The molecule has 1 unspecified atom stereocenters. The van der Waals surface area contributed by atoms with Crippen LogP contribution in [0, 0.1) is 0 Å². The molecule has 1 aromatic heterocycles. The van der Waals surface area contributed by atoms with Gasteiger partial charge in [-0.2, -0.15) is 5.10 Å². The Morgan fingerprint density at radius 1 is 1.03 bits per heavy atom. The van der Waals surface area contributed by atoms with Gasteiger partial charge in [0.05, 0.1) is 12.5 Å². The van der Waals surface area contributed by atoms with E-state index in [-0.39, 0.29) is 6.61 Å². The molecule has 4 rings (SSSR count). The molecule has 3 aromatic rings. The lowest BCUT2D eigenvalue weighted by atomic mass is 10.2. The zero-order valence-electron chi connectivity index (χ0n) is 16.3. The van der Waals surface area contributed by atoms with Crippen molar-refractivity contribution in [2.24, 2.45) is 5.10 Å². The van der Waals surface area contributed by atoms with Gasteiger partial charge in [0.15, 0.2) is 11.5 Å². The summed E-state index contributed by atoms with van der Waals surface area (Å²) in [6.07, 6.45) is 4.99. The van der Waals surface area contributed by atoms with E-state index in [0.717, 1.165) is 0 Å². The van der Waals surface area contributed by atoms with Crippen molar-refractivity contribution in [1.29, 1.82) is 0 Å². The highest BCUT2D eigenvalue weighted by Gasteiger charge is 2.26. The van der Waals surface area contributed by atoms with Crippen molar-refractivity contribution >= 4 is 24.2 Å². The fourth-order valence-electron chi connectivity index (χ4n) is 2.70. The molecular formula is C23H18N2O6. The van der Waals surface area contributed by atoms with E-state index in [1.54, 1.807) is 54.6 Å². The van der Waals surface area contributed by atoms with Crippen LogP contribution in [0.5, 0.6) is 17.2 Å². The van der Waals surface area contributed by atoms with Crippen LogP contribution < -0.4 is 19.6 Å². The first-order valence-corrected chi connectivity index (χ1v) is 9.42. The minimum Gasteiger partial charge on any atom is -0.485 e. The van der Waals surface area contributed by atoms with Crippen LogP contribution >= 0.6 is 0 Å². The maximum absolute atomic E-state index is 12.2. The molecule has 1 aliphatic heterocycles.